The number of piperidine rings is 1. The number of rotatable bonds is 5. The van der Waals surface area contributed by atoms with Crippen molar-refractivity contribution in [2.75, 3.05) is 34.4 Å². The van der Waals surface area contributed by atoms with Gasteiger partial charge in [0.2, 0.25) is 5.75 Å². The van der Waals surface area contributed by atoms with Gasteiger partial charge >= 0.3 is 0 Å². The SMILES string of the molecule is COc1ccc(C(=O)NC2CCNCC2)c(OC)c1OC.Cl. The molecule has 0 atom stereocenters. The van der Waals surface area contributed by atoms with E-state index in [-0.39, 0.29) is 24.4 Å². The Bertz CT molecular complexity index is 505. The van der Waals surface area contributed by atoms with E-state index >= 15 is 0 Å². The second-order valence-corrected chi connectivity index (χ2v) is 4.88. The van der Waals surface area contributed by atoms with E-state index in [1.54, 1.807) is 19.2 Å². The second kappa shape index (κ2) is 8.70. The Morgan fingerprint density at radius 1 is 1.09 bits per heavy atom. The van der Waals surface area contributed by atoms with Crippen LogP contribution in [0.4, 0.5) is 0 Å². The summed E-state index contributed by atoms with van der Waals surface area (Å²) in [7, 11) is 4.58. The van der Waals surface area contributed by atoms with Crippen LogP contribution >= 0.6 is 12.4 Å². The van der Waals surface area contributed by atoms with Crippen molar-refractivity contribution in [3.8, 4) is 17.2 Å². The normalized spacial score (nSPS) is 14.7. The topological polar surface area (TPSA) is 68.8 Å². The summed E-state index contributed by atoms with van der Waals surface area (Å²) in [6.45, 7) is 1.85. The zero-order valence-corrected chi connectivity index (χ0v) is 13.9. The fraction of sp³-hybridized carbons (Fsp3) is 0.533. The lowest BCUT2D eigenvalue weighted by atomic mass is 10.1. The van der Waals surface area contributed by atoms with Gasteiger partial charge in [-0.05, 0) is 38.1 Å². The molecular weight excluding hydrogens is 308 g/mol. The number of nitrogens with one attached hydrogen (secondary N) is 2. The lowest BCUT2D eigenvalue weighted by Crippen LogP contribution is -2.42. The summed E-state index contributed by atoms with van der Waals surface area (Å²) in [6.07, 6.45) is 1.86. The van der Waals surface area contributed by atoms with Crippen LogP contribution in [0.1, 0.15) is 23.2 Å². The van der Waals surface area contributed by atoms with Gasteiger partial charge < -0.3 is 24.8 Å². The number of halogens is 1. The van der Waals surface area contributed by atoms with E-state index < -0.39 is 0 Å². The number of methoxy groups -OCH3 is 3. The molecule has 1 aromatic rings. The van der Waals surface area contributed by atoms with Crippen molar-refractivity contribution in [1.29, 1.82) is 0 Å². The summed E-state index contributed by atoms with van der Waals surface area (Å²) in [5.74, 6) is 1.20. The van der Waals surface area contributed by atoms with Gasteiger partial charge in [0.05, 0.1) is 26.9 Å². The highest BCUT2D eigenvalue weighted by Gasteiger charge is 2.23. The van der Waals surface area contributed by atoms with Gasteiger partial charge in [-0.3, -0.25) is 4.79 Å². The molecule has 22 heavy (non-hydrogen) atoms. The molecule has 6 nitrogen and oxygen atoms in total. The number of ether oxygens (including phenoxy) is 3. The van der Waals surface area contributed by atoms with Crippen LogP contribution in [0.2, 0.25) is 0 Å². The first kappa shape index (κ1) is 18.4. The van der Waals surface area contributed by atoms with Gasteiger partial charge in [0.15, 0.2) is 11.5 Å². The highest BCUT2D eigenvalue weighted by Crippen LogP contribution is 2.39. The zero-order valence-electron chi connectivity index (χ0n) is 13.1. The summed E-state index contributed by atoms with van der Waals surface area (Å²) < 4.78 is 15.9. The van der Waals surface area contributed by atoms with Crippen LogP contribution in [0.15, 0.2) is 12.1 Å². The number of carbonyl (C=O) groups is 1. The van der Waals surface area contributed by atoms with E-state index in [9.17, 15) is 4.79 Å². The minimum absolute atomic E-state index is 0. The van der Waals surface area contributed by atoms with Crippen molar-refractivity contribution < 1.29 is 19.0 Å². The van der Waals surface area contributed by atoms with Gasteiger partial charge in [-0.25, -0.2) is 0 Å². The van der Waals surface area contributed by atoms with Crippen LogP contribution < -0.4 is 24.8 Å². The standard InChI is InChI=1S/C15H22N2O4.ClH/c1-19-12-5-4-11(13(20-2)14(12)21-3)15(18)17-10-6-8-16-9-7-10;/h4-5,10,16H,6-9H2,1-3H3,(H,17,18);1H. The van der Waals surface area contributed by atoms with Gasteiger partial charge in [-0.2, -0.15) is 0 Å². The fourth-order valence-corrected chi connectivity index (χ4v) is 2.51. The molecule has 1 saturated heterocycles. The predicted octanol–water partition coefficient (Wildman–Crippen LogP) is 1.62. The molecule has 0 radical (unpaired) electrons. The molecule has 2 rings (SSSR count). The maximum absolute atomic E-state index is 12.5. The monoisotopic (exact) mass is 330 g/mol. The molecule has 0 aromatic heterocycles. The Balaban J connectivity index is 0.00000242. The molecule has 1 aliphatic heterocycles. The third-order valence-electron chi connectivity index (χ3n) is 3.62. The average molecular weight is 331 g/mol. The van der Waals surface area contributed by atoms with Crippen molar-refractivity contribution in [3.05, 3.63) is 17.7 Å². The quantitative estimate of drug-likeness (QED) is 0.858. The van der Waals surface area contributed by atoms with Gasteiger partial charge in [0.1, 0.15) is 0 Å². The molecule has 1 heterocycles. The van der Waals surface area contributed by atoms with Crippen molar-refractivity contribution in [3.63, 3.8) is 0 Å². The van der Waals surface area contributed by atoms with Gasteiger partial charge in [0, 0.05) is 6.04 Å². The molecule has 1 amide bonds. The molecule has 0 bridgehead atoms. The van der Waals surface area contributed by atoms with Gasteiger partial charge in [-0.15, -0.1) is 12.4 Å². The molecule has 0 aliphatic carbocycles. The van der Waals surface area contributed by atoms with E-state index in [1.807, 2.05) is 0 Å². The Morgan fingerprint density at radius 3 is 2.27 bits per heavy atom. The van der Waals surface area contributed by atoms with Crippen LogP contribution in [-0.2, 0) is 0 Å². The van der Waals surface area contributed by atoms with Crippen LogP contribution in [0.3, 0.4) is 0 Å². The molecule has 0 spiro atoms. The summed E-state index contributed by atoms with van der Waals surface area (Å²) in [5, 5.41) is 6.31. The smallest absolute Gasteiger partial charge is 0.255 e. The fourth-order valence-electron chi connectivity index (χ4n) is 2.51. The Hall–Kier alpha value is -1.66. The number of hydrogen-bond donors (Lipinski definition) is 2. The summed E-state index contributed by atoms with van der Waals surface area (Å²) in [5.41, 5.74) is 0.452. The van der Waals surface area contributed by atoms with Gasteiger partial charge in [-0.1, -0.05) is 0 Å². The Morgan fingerprint density at radius 2 is 1.73 bits per heavy atom. The molecule has 0 saturated carbocycles. The molecule has 1 aliphatic rings. The highest BCUT2D eigenvalue weighted by molar-refractivity contribution is 5.98. The number of carbonyl (C=O) groups excluding carboxylic acids is 1. The molecule has 1 aromatic carbocycles. The van der Waals surface area contributed by atoms with E-state index in [1.165, 1.54) is 14.2 Å². The molecule has 1 fully saturated rings. The predicted molar refractivity (Wildman–Crippen MR) is 86.7 cm³/mol. The van der Waals surface area contributed by atoms with Crippen molar-refractivity contribution in [2.45, 2.75) is 18.9 Å². The highest BCUT2D eigenvalue weighted by atomic mass is 35.5. The van der Waals surface area contributed by atoms with E-state index in [0.29, 0.717) is 22.8 Å². The maximum Gasteiger partial charge on any atom is 0.255 e. The molecule has 2 N–H and O–H groups in total. The van der Waals surface area contributed by atoms with Crippen molar-refractivity contribution >= 4 is 18.3 Å². The largest absolute Gasteiger partial charge is 0.493 e. The van der Waals surface area contributed by atoms with E-state index in [2.05, 4.69) is 10.6 Å². The van der Waals surface area contributed by atoms with Crippen LogP contribution in [0.5, 0.6) is 17.2 Å². The van der Waals surface area contributed by atoms with Crippen molar-refractivity contribution in [2.24, 2.45) is 0 Å². The number of amides is 1. The van der Waals surface area contributed by atoms with E-state index in [0.717, 1.165) is 25.9 Å². The van der Waals surface area contributed by atoms with Gasteiger partial charge in [0.25, 0.3) is 5.91 Å². The Kier molecular flexibility index (Phi) is 7.27. The maximum atomic E-state index is 12.5. The first-order valence-corrected chi connectivity index (χ1v) is 7.01. The van der Waals surface area contributed by atoms with Crippen LogP contribution in [0, 0.1) is 0 Å². The lowest BCUT2D eigenvalue weighted by molar-refractivity contribution is 0.0925. The molecule has 124 valence electrons. The molecular formula is C15H23ClN2O4. The molecule has 0 unspecified atom stereocenters. The second-order valence-electron chi connectivity index (χ2n) is 4.88. The zero-order chi connectivity index (χ0) is 15.2. The van der Waals surface area contributed by atoms with Crippen LogP contribution in [0.25, 0.3) is 0 Å². The van der Waals surface area contributed by atoms with Crippen molar-refractivity contribution in [1.82, 2.24) is 10.6 Å². The minimum Gasteiger partial charge on any atom is -0.493 e. The summed E-state index contributed by atoms with van der Waals surface area (Å²) in [4.78, 5) is 12.5. The summed E-state index contributed by atoms with van der Waals surface area (Å²) >= 11 is 0. The number of hydrogen-bond acceptors (Lipinski definition) is 5. The minimum atomic E-state index is -0.153. The molecule has 7 heteroatoms. The lowest BCUT2D eigenvalue weighted by Gasteiger charge is -2.24. The number of benzene rings is 1. The Labute approximate surface area is 136 Å². The third kappa shape index (κ3) is 3.96. The average Bonchev–Trinajstić information content (AvgIpc) is 2.53. The van der Waals surface area contributed by atoms with Crippen LogP contribution in [-0.4, -0.2) is 46.4 Å². The van der Waals surface area contributed by atoms with E-state index in [4.69, 9.17) is 14.2 Å². The summed E-state index contributed by atoms with van der Waals surface area (Å²) in [6, 6.07) is 3.59. The first-order chi connectivity index (χ1) is 10.2. The third-order valence-corrected chi connectivity index (χ3v) is 3.62. The first-order valence-electron chi connectivity index (χ1n) is 7.01.